The van der Waals surface area contributed by atoms with Crippen LogP contribution in [-0.2, 0) is 32.2 Å². The first-order valence-electron chi connectivity index (χ1n) is 29.1. The number of aromatic nitrogens is 2. The summed E-state index contributed by atoms with van der Waals surface area (Å²) >= 11 is 0. The van der Waals surface area contributed by atoms with Gasteiger partial charge in [0.25, 0.3) is 0 Å². The third-order valence-corrected chi connectivity index (χ3v) is 14.3. The molecule has 388 valence electrons. The molecule has 0 aliphatic carbocycles. The zero-order valence-corrected chi connectivity index (χ0v) is 44.9. The number of benzene rings is 1. The normalized spacial score (nSPS) is 13.1. The molecule has 1 aliphatic heterocycles. The van der Waals surface area contributed by atoms with E-state index in [1.54, 1.807) is 0 Å². The highest BCUT2D eigenvalue weighted by Gasteiger charge is 2.45. The van der Waals surface area contributed by atoms with E-state index < -0.39 is 5.92 Å². The maximum Gasteiger partial charge on any atom is 0.337 e. The molecule has 0 bridgehead atoms. The number of esters is 2. The predicted octanol–water partition coefficient (Wildman–Crippen LogP) is 16.2. The van der Waals surface area contributed by atoms with Gasteiger partial charge in [0.05, 0.1) is 41.7 Å². The van der Waals surface area contributed by atoms with Gasteiger partial charge in [0.1, 0.15) is 0 Å². The second kappa shape index (κ2) is 38.4. The standard InChI is InChI=1S/C63H99N3O4/c1-4-7-10-13-15-17-19-21-23-25-27-29-31-43-52-69-62(67)60-57(54-64-47-38-34-39-48-64)66(51-42-12-9-6-3)58(55-65-49-40-35-41-50-65)61(59(60)56-45-36-33-37-46-56)63(68)70-53-44-32-30-28-26-24-22-20-18-16-14-11-8-5-2/h33-41,45-50,59H,4-32,42-44,51-55H2,1-3H3/q+2. The third-order valence-electron chi connectivity index (χ3n) is 14.3. The average Bonchev–Trinajstić information content (AvgIpc) is 3.38. The summed E-state index contributed by atoms with van der Waals surface area (Å²) in [6.07, 6.45) is 48.1. The first-order valence-corrected chi connectivity index (χ1v) is 29.1. The van der Waals surface area contributed by atoms with Crippen LogP contribution in [0.25, 0.3) is 0 Å². The number of unbranched alkanes of at least 4 members (excludes halogenated alkanes) is 29. The Labute approximate surface area is 427 Å². The van der Waals surface area contributed by atoms with Gasteiger partial charge in [-0.3, -0.25) is 0 Å². The molecule has 0 N–H and O–H groups in total. The Morgan fingerprint density at radius 2 is 0.700 bits per heavy atom. The van der Waals surface area contributed by atoms with Gasteiger partial charge >= 0.3 is 11.9 Å². The zero-order valence-electron chi connectivity index (χ0n) is 44.9. The highest BCUT2D eigenvalue weighted by molar-refractivity contribution is 6.00. The van der Waals surface area contributed by atoms with Crippen LogP contribution < -0.4 is 9.13 Å². The Balaban J connectivity index is 1.53. The molecule has 0 fully saturated rings. The lowest BCUT2D eigenvalue weighted by Gasteiger charge is -2.38. The van der Waals surface area contributed by atoms with E-state index in [0.29, 0.717) is 44.0 Å². The predicted molar refractivity (Wildman–Crippen MR) is 290 cm³/mol. The van der Waals surface area contributed by atoms with Crippen molar-refractivity contribution in [3.8, 4) is 0 Å². The van der Waals surface area contributed by atoms with Gasteiger partial charge in [-0.05, 0) is 24.8 Å². The van der Waals surface area contributed by atoms with E-state index >= 15 is 9.59 Å². The number of hydrogen-bond donors (Lipinski definition) is 0. The summed E-state index contributed by atoms with van der Waals surface area (Å²) in [5.74, 6) is -1.32. The van der Waals surface area contributed by atoms with Gasteiger partial charge in [0, 0.05) is 30.8 Å². The number of rotatable bonds is 42. The summed E-state index contributed by atoms with van der Waals surface area (Å²) in [6.45, 7) is 9.13. The van der Waals surface area contributed by atoms with Crippen LogP contribution in [0.15, 0.2) is 114 Å². The number of pyridine rings is 2. The van der Waals surface area contributed by atoms with Crippen molar-refractivity contribution < 1.29 is 28.2 Å². The Morgan fingerprint density at radius 1 is 0.400 bits per heavy atom. The number of hydrogen-bond acceptors (Lipinski definition) is 5. The van der Waals surface area contributed by atoms with Crippen molar-refractivity contribution in [2.45, 2.75) is 245 Å². The lowest BCUT2D eigenvalue weighted by Crippen LogP contribution is -2.47. The van der Waals surface area contributed by atoms with E-state index in [-0.39, 0.29) is 11.9 Å². The molecule has 0 atom stereocenters. The number of nitrogens with zero attached hydrogens (tertiary/aromatic N) is 3. The molecule has 3 heterocycles. The van der Waals surface area contributed by atoms with Crippen molar-refractivity contribution in [1.82, 2.24) is 4.90 Å². The monoisotopic (exact) mass is 962 g/mol. The molecule has 0 radical (unpaired) electrons. The average molecular weight is 963 g/mol. The Kier molecular flexibility index (Phi) is 32.0. The van der Waals surface area contributed by atoms with E-state index in [1.165, 1.54) is 141 Å². The summed E-state index contributed by atoms with van der Waals surface area (Å²) in [5.41, 5.74) is 3.78. The van der Waals surface area contributed by atoms with Crippen LogP contribution in [0.4, 0.5) is 0 Å². The van der Waals surface area contributed by atoms with E-state index in [1.807, 2.05) is 54.6 Å². The summed E-state index contributed by atoms with van der Waals surface area (Å²) in [7, 11) is 0. The van der Waals surface area contributed by atoms with Gasteiger partial charge in [0.15, 0.2) is 37.9 Å². The van der Waals surface area contributed by atoms with Crippen molar-refractivity contribution >= 4 is 11.9 Å². The maximum absolute atomic E-state index is 15.1. The highest BCUT2D eigenvalue weighted by atomic mass is 16.5. The Morgan fingerprint density at radius 3 is 1.04 bits per heavy atom. The fourth-order valence-electron chi connectivity index (χ4n) is 10.2. The molecule has 0 saturated carbocycles. The first-order chi connectivity index (χ1) is 34.6. The van der Waals surface area contributed by atoms with Gasteiger partial charge in [-0.15, -0.1) is 0 Å². The van der Waals surface area contributed by atoms with Crippen LogP contribution in [0.2, 0.25) is 0 Å². The quantitative estimate of drug-likeness (QED) is 0.0322. The van der Waals surface area contributed by atoms with Crippen molar-refractivity contribution in [2.75, 3.05) is 19.8 Å². The Hall–Kier alpha value is -4.26. The summed E-state index contributed by atoms with van der Waals surface area (Å²) < 4.78 is 17.0. The SMILES string of the molecule is CCCCCCCCCCCCCCCCOC(=O)C1=C(C[n+]2ccccc2)N(CCCCCC)C(C[n+]2ccccc2)=C(C(=O)OCCCCCCCCCCCCCCCC)C1c1ccccc1. The lowest BCUT2D eigenvalue weighted by molar-refractivity contribution is -0.694. The maximum atomic E-state index is 15.1. The fraction of sp³-hybridized carbons (Fsp3) is 0.651. The minimum absolute atomic E-state index is 0.336. The van der Waals surface area contributed by atoms with Crippen molar-refractivity contribution in [3.05, 3.63) is 120 Å². The van der Waals surface area contributed by atoms with Crippen LogP contribution in [0, 0.1) is 0 Å². The van der Waals surface area contributed by atoms with Crippen molar-refractivity contribution in [3.63, 3.8) is 0 Å². The first kappa shape index (κ1) is 58.3. The molecule has 0 amide bonds. The fourth-order valence-corrected chi connectivity index (χ4v) is 10.2. The Bertz CT molecular complexity index is 1740. The van der Waals surface area contributed by atoms with Crippen molar-refractivity contribution in [1.29, 1.82) is 0 Å². The molecule has 0 spiro atoms. The van der Waals surface area contributed by atoms with Gasteiger partial charge in [-0.25, -0.2) is 9.59 Å². The van der Waals surface area contributed by atoms with Crippen LogP contribution in [-0.4, -0.2) is 36.6 Å². The van der Waals surface area contributed by atoms with E-state index in [9.17, 15) is 0 Å². The summed E-state index contributed by atoms with van der Waals surface area (Å²) in [6, 6.07) is 22.3. The van der Waals surface area contributed by atoms with E-state index in [4.69, 9.17) is 9.47 Å². The molecule has 0 saturated heterocycles. The van der Waals surface area contributed by atoms with Gasteiger partial charge < -0.3 is 14.4 Å². The molecule has 70 heavy (non-hydrogen) atoms. The largest absolute Gasteiger partial charge is 0.462 e. The molecule has 1 aromatic carbocycles. The van der Waals surface area contributed by atoms with Crippen molar-refractivity contribution in [2.24, 2.45) is 0 Å². The smallest absolute Gasteiger partial charge is 0.337 e. The molecule has 4 rings (SSSR count). The molecule has 1 aliphatic rings. The van der Waals surface area contributed by atoms with Gasteiger partial charge in [-0.2, -0.15) is 9.13 Å². The number of carbonyl (C=O) groups excluding carboxylic acids is 2. The van der Waals surface area contributed by atoms with E-state index in [0.717, 1.165) is 81.2 Å². The van der Waals surface area contributed by atoms with Gasteiger partial charge in [-0.1, -0.05) is 249 Å². The number of carbonyl (C=O) groups is 2. The van der Waals surface area contributed by atoms with Crippen LogP contribution >= 0.6 is 0 Å². The molecule has 3 aromatic rings. The number of ether oxygens (including phenoxy) is 2. The molecule has 7 nitrogen and oxygen atoms in total. The van der Waals surface area contributed by atoms with Crippen LogP contribution in [0.1, 0.15) is 238 Å². The molecule has 0 unspecified atom stereocenters. The molecule has 7 heteroatoms. The second-order valence-electron chi connectivity index (χ2n) is 20.3. The summed E-state index contributed by atoms with van der Waals surface area (Å²) in [5, 5.41) is 0. The van der Waals surface area contributed by atoms with Crippen LogP contribution in [0.5, 0.6) is 0 Å². The topological polar surface area (TPSA) is 63.6 Å². The lowest BCUT2D eigenvalue weighted by atomic mass is 9.79. The number of allylic oxidation sites excluding steroid dienone is 2. The third kappa shape index (κ3) is 23.3. The van der Waals surface area contributed by atoms with E-state index in [2.05, 4.69) is 71.7 Å². The zero-order chi connectivity index (χ0) is 49.5. The summed E-state index contributed by atoms with van der Waals surface area (Å²) in [4.78, 5) is 32.5. The molecular formula is C63H99N3O4+2. The molecule has 2 aromatic heterocycles. The second-order valence-corrected chi connectivity index (χ2v) is 20.3. The van der Waals surface area contributed by atoms with Gasteiger partial charge in [0.2, 0.25) is 0 Å². The van der Waals surface area contributed by atoms with Crippen LogP contribution in [0.3, 0.4) is 0 Å². The minimum atomic E-state index is -0.653. The minimum Gasteiger partial charge on any atom is -0.462 e. The highest BCUT2D eigenvalue weighted by Crippen LogP contribution is 2.44. The molecular weight excluding hydrogens is 863 g/mol.